The summed E-state index contributed by atoms with van der Waals surface area (Å²) in [6.45, 7) is 14.8. The van der Waals surface area contributed by atoms with Gasteiger partial charge in [0.25, 0.3) is 0 Å². The summed E-state index contributed by atoms with van der Waals surface area (Å²) >= 11 is 0. The number of Topliss-reactive ketones (excluding diaryl/α,β-unsaturated/α-hetero) is 1. The summed E-state index contributed by atoms with van der Waals surface area (Å²) in [6, 6.07) is 13.6. The van der Waals surface area contributed by atoms with Crippen molar-refractivity contribution >= 4 is 22.8 Å². The molecule has 0 bridgehead atoms. The van der Waals surface area contributed by atoms with Gasteiger partial charge >= 0.3 is 0 Å². The summed E-state index contributed by atoms with van der Waals surface area (Å²) in [5.41, 5.74) is 3.77. The van der Waals surface area contributed by atoms with Gasteiger partial charge < -0.3 is 14.2 Å². The molecule has 0 aliphatic rings. The Morgan fingerprint density at radius 3 is 1.97 bits per heavy atom. The Balaban J connectivity index is 0.00000385. The largest absolute Gasteiger partial charge is 0.507 e. The third-order valence-corrected chi connectivity index (χ3v) is 5.84. The highest BCUT2D eigenvalue weighted by molar-refractivity contribution is 8.93. The molecule has 178 valence electrons. The molecule has 6 heteroatoms. The number of benzene rings is 2. The van der Waals surface area contributed by atoms with Gasteiger partial charge in [0, 0.05) is 28.6 Å². The molecule has 33 heavy (non-hydrogen) atoms. The maximum absolute atomic E-state index is 13.4. The smallest absolute Gasteiger partial charge is 0.202 e. The third-order valence-electron chi connectivity index (χ3n) is 5.84. The lowest BCUT2D eigenvalue weighted by Gasteiger charge is -2.28. The quantitative estimate of drug-likeness (QED) is 0.417. The number of nitrogens with one attached hydrogen (secondary N) is 1. The molecule has 0 spiro atoms. The molecule has 0 saturated carbocycles. The molecule has 0 atom stereocenters. The van der Waals surface area contributed by atoms with Gasteiger partial charge in [-0.05, 0) is 35.4 Å². The van der Waals surface area contributed by atoms with E-state index in [2.05, 4.69) is 0 Å². The highest BCUT2D eigenvalue weighted by Gasteiger charge is 2.28. The van der Waals surface area contributed by atoms with E-state index in [1.54, 1.807) is 4.57 Å². The third kappa shape index (κ3) is 5.85. The first kappa shape index (κ1) is 26.7. The van der Waals surface area contributed by atoms with Crippen molar-refractivity contribution in [3.63, 3.8) is 0 Å². The van der Waals surface area contributed by atoms with Gasteiger partial charge in [-0.3, -0.25) is 10.2 Å². The molecule has 5 nitrogen and oxygen atoms in total. The zero-order chi connectivity index (χ0) is 23.8. The van der Waals surface area contributed by atoms with Crippen LogP contribution in [0.2, 0.25) is 0 Å². The number of hydrogen-bond acceptors (Lipinski definition) is 3. The zero-order valence-electron chi connectivity index (χ0n) is 20.7. The molecule has 3 rings (SSSR count). The van der Waals surface area contributed by atoms with Gasteiger partial charge in [-0.15, -0.1) is 17.0 Å². The van der Waals surface area contributed by atoms with E-state index in [0.717, 1.165) is 22.4 Å². The van der Waals surface area contributed by atoms with Crippen LogP contribution in [0.5, 0.6) is 5.75 Å². The van der Waals surface area contributed by atoms with Crippen LogP contribution in [0, 0.1) is 12.3 Å². The van der Waals surface area contributed by atoms with Crippen molar-refractivity contribution in [2.24, 2.45) is 0 Å². The first-order chi connectivity index (χ1) is 14.8. The number of halogens is 1. The fourth-order valence-corrected chi connectivity index (χ4v) is 3.95. The second kappa shape index (κ2) is 9.72. The highest BCUT2D eigenvalue weighted by Crippen LogP contribution is 2.39. The Hall–Kier alpha value is -2.60. The standard InChI is InChI=1S/C27H35N3O2.BrH/c1-18-15-29(16-19-11-9-8-10-12-19)25(28)30(18)17-23(31)20-13-21(26(2,3)4)24(32)22(14-20)27(5,6)7;/h8-15,28,32H,16-17H2,1-7H3;1H. The van der Waals surface area contributed by atoms with E-state index in [-0.39, 0.29) is 45.9 Å². The van der Waals surface area contributed by atoms with Gasteiger partial charge in [-0.1, -0.05) is 71.9 Å². The van der Waals surface area contributed by atoms with Crippen LogP contribution in [-0.4, -0.2) is 20.0 Å². The summed E-state index contributed by atoms with van der Waals surface area (Å²) in [7, 11) is 0. The number of aromatic nitrogens is 2. The molecular formula is C27H36BrN3O2. The number of phenolic OH excluding ortho intramolecular Hbond substituents is 1. The van der Waals surface area contributed by atoms with Crippen LogP contribution in [0.1, 0.15) is 74.3 Å². The van der Waals surface area contributed by atoms with Crippen LogP contribution in [0.15, 0.2) is 48.7 Å². The number of nitrogens with zero attached hydrogens (tertiary/aromatic N) is 2. The summed E-state index contributed by atoms with van der Waals surface area (Å²) in [5, 5.41) is 19.6. The van der Waals surface area contributed by atoms with E-state index in [1.807, 2.05) is 102 Å². The van der Waals surface area contributed by atoms with Crippen LogP contribution >= 0.6 is 17.0 Å². The number of rotatable bonds is 5. The molecule has 2 N–H and O–H groups in total. The number of ketones is 1. The molecule has 0 amide bonds. The van der Waals surface area contributed by atoms with E-state index in [4.69, 9.17) is 5.41 Å². The van der Waals surface area contributed by atoms with Crippen molar-refractivity contribution in [3.8, 4) is 5.75 Å². The van der Waals surface area contributed by atoms with Crippen LogP contribution in [0.25, 0.3) is 0 Å². The molecule has 1 heterocycles. The Morgan fingerprint density at radius 2 is 1.48 bits per heavy atom. The SMILES string of the molecule is Br.Cc1cn(Cc2ccccc2)c(=N)n1CC(=O)c1cc(C(C)(C)C)c(O)c(C(C)(C)C)c1. The van der Waals surface area contributed by atoms with E-state index < -0.39 is 0 Å². The molecule has 2 aromatic carbocycles. The van der Waals surface area contributed by atoms with E-state index in [1.165, 1.54) is 0 Å². The molecule has 0 radical (unpaired) electrons. The molecular weight excluding hydrogens is 478 g/mol. The van der Waals surface area contributed by atoms with Crippen LogP contribution in [0.3, 0.4) is 0 Å². The maximum Gasteiger partial charge on any atom is 0.202 e. The fraction of sp³-hybridized carbons (Fsp3) is 0.407. The molecule has 1 aromatic heterocycles. The summed E-state index contributed by atoms with van der Waals surface area (Å²) in [6.07, 6.45) is 1.92. The van der Waals surface area contributed by atoms with Crippen LogP contribution in [0.4, 0.5) is 0 Å². The fourth-order valence-electron chi connectivity index (χ4n) is 3.95. The highest BCUT2D eigenvalue weighted by atomic mass is 79.9. The van der Waals surface area contributed by atoms with Crippen molar-refractivity contribution in [2.75, 3.05) is 0 Å². The predicted octanol–water partition coefficient (Wildman–Crippen LogP) is 5.89. The molecule has 3 aromatic rings. The Bertz CT molecular complexity index is 1160. The average Bonchev–Trinajstić information content (AvgIpc) is 2.94. The van der Waals surface area contributed by atoms with E-state index >= 15 is 0 Å². The second-order valence-electron chi connectivity index (χ2n) is 10.6. The van der Waals surface area contributed by atoms with Crippen molar-refractivity contribution in [2.45, 2.75) is 72.4 Å². The van der Waals surface area contributed by atoms with Crippen molar-refractivity contribution in [3.05, 3.63) is 82.2 Å². The lowest BCUT2D eigenvalue weighted by atomic mass is 9.78. The van der Waals surface area contributed by atoms with E-state index in [0.29, 0.717) is 17.7 Å². The van der Waals surface area contributed by atoms with Crippen molar-refractivity contribution < 1.29 is 9.90 Å². The molecule has 0 aliphatic heterocycles. The number of aromatic hydroxyl groups is 1. The molecule has 0 aliphatic carbocycles. The van der Waals surface area contributed by atoms with Crippen LogP contribution < -0.4 is 5.62 Å². The van der Waals surface area contributed by atoms with Crippen molar-refractivity contribution in [1.82, 2.24) is 9.13 Å². The monoisotopic (exact) mass is 513 g/mol. The van der Waals surface area contributed by atoms with Gasteiger partial charge in [0.05, 0.1) is 13.1 Å². The maximum atomic E-state index is 13.4. The number of hydrogen-bond donors (Lipinski definition) is 2. The first-order valence-electron chi connectivity index (χ1n) is 11.1. The topological polar surface area (TPSA) is 71.0 Å². The number of imidazole rings is 1. The number of phenols is 1. The van der Waals surface area contributed by atoms with Crippen molar-refractivity contribution in [1.29, 1.82) is 5.41 Å². The summed E-state index contributed by atoms with van der Waals surface area (Å²) in [4.78, 5) is 13.4. The molecule has 0 unspecified atom stereocenters. The minimum absolute atomic E-state index is 0. The average molecular weight is 515 g/mol. The van der Waals surface area contributed by atoms with Gasteiger partial charge in [0.1, 0.15) is 5.75 Å². The Morgan fingerprint density at radius 1 is 0.970 bits per heavy atom. The second-order valence-corrected chi connectivity index (χ2v) is 10.6. The molecule has 0 fully saturated rings. The number of aryl methyl sites for hydroxylation is 1. The lowest BCUT2D eigenvalue weighted by molar-refractivity contribution is 0.0969. The van der Waals surface area contributed by atoms with Gasteiger partial charge in [-0.2, -0.15) is 0 Å². The summed E-state index contributed by atoms with van der Waals surface area (Å²) < 4.78 is 3.60. The normalized spacial score (nSPS) is 11.8. The lowest BCUT2D eigenvalue weighted by Crippen LogP contribution is -2.28. The predicted molar refractivity (Wildman–Crippen MR) is 139 cm³/mol. The first-order valence-corrected chi connectivity index (χ1v) is 11.1. The zero-order valence-corrected chi connectivity index (χ0v) is 22.4. The number of carbonyl (C=O) groups excluding carboxylic acids is 1. The Labute approximate surface area is 207 Å². The molecule has 0 saturated heterocycles. The number of carbonyl (C=O) groups is 1. The van der Waals surface area contributed by atoms with Gasteiger partial charge in [0.15, 0.2) is 5.78 Å². The minimum Gasteiger partial charge on any atom is -0.507 e. The van der Waals surface area contributed by atoms with Gasteiger partial charge in [-0.25, -0.2) is 0 Å². The summed E-state index contributed by atoms with van der Waals surface area (Å²) in [5.74, 6) is 0.195. The Kier molecular flexibility index (Phi) is 7.85. The van der Waals surface area contributed by atoms with Gasteiger partial charge in [0.2, 0.25) is 5.62 Å². The van der Waals surface area contributed by atoms with Crippen LogP contribution in [-0.2, 0) is 23.9 Å². The minimum atomic E-state index is -0.303. The van der Waals surface area contributed by atoms with E-state index in [9.17, 15) is 9.90 Å².